The SMILES string of the molecule is C[C@H](NCCc1ccccc1)c1ccccc1-n1cccn1. The second-order valence-electron chi connectivity index (χ2n) is 5.42. The molecular formula is C19H21N3. The van der Waals surface area contributed by atoms with Gasteiger partial charge in [0.25, 0.3) is 0 Å². The summed E-state index contributed by atoms with van der Waals surface area (Å²) in [5.41, 5.74) is 3.76. The number of nitrogens with one attached hydrogen (secondary N) is 1. The summed E-state index contributed by atoms with van der Waals surface area (Å²) in [5, 5.41) is 7.95. The lowest BCUT2D eigenvalue weighted by atomic mass is 10.1. The van der Waals surface area contributed by atoms with Crippen molar-refractivity contribution < 1.29 is 0 Å². The Morgan fingerprint density at radius 1 is 1.00 bits per heavy atom. The Balaban J connectivity index is 1.66. The van der Waals surface area contributed by atoms with E-state index >= 15 is 0 Å². The molecule has 2 aromatic carbocycles. The van der Waals surface area contributed by atoms with Gasteiger partial charge in [-0.1, -0.05) is 48.5 Å². The van der Waals surface area contributed by atoms with E-state index in [1.807, 2.05) is 23.1 Å². The molecule has 0 spiro atoms. The highest BCUT2D eigenvalue weighted by molar-refractivity contribution is 5.42. The van der Waals surface area contributed by atoms with E-state index in [2.05, 4.69) is 71.9 Å². The van der Waals surface area contributed by atoms with E-state index in [0.717, 1.165) is 18.7 Å². The standard InChI is InChI=1S/C19H21N3/c1-16(20-14-12-17-8-3-2-4-9-17)18-10-5-6-11-19(18)22-15-7-13-21-22/h2-11,13,15-16,20H,12,14H2,1H3/t16-/m0/s1. The van der Waals surface area contributed by atoms with E-state index < -0.39 is 0 Å². The number of hydrogen-bond donors (Lipinski definition) is 1. The topological polar surface area (TPSA) is 29.9 Å². The van der Waals surface area contributed by atoms with Crippen LogP contribution in [0.2, 0.25) is 0 Å². The fourth-order valence-electron chi connectivity index (χ4n) is 2.66. The van der Waals surface area contributed by atoms with Crippen LogP contribution in [0.4, 0.5) is 0 Å². The van der Waals surface area contributed by atoms with Crippen molar-refractivity contribution >= 4 is 0 Å². The quantitative estimate of drug-likeness (QED) is 0.749. The zero-order chi connectivity index (χ0) is 15.2. The van der Waals surface area contributed by atoms with Gasteiger partial charge in [0, 0.05) is 18.4 Å². The van der Waals surface area contributed by atoms with Gasteiger partial charge in [-0.3, -0.25) is 0 Å². The summed E-state index contributed by atoms with van der Waals surface area (Å²) in [6.45, 7) is 3.16. The van der Waals surface area contributed by atoms with E-state index in [0.29, 0.717) is 0 Å². The Bertz CT molecular complexity index is 690. The first kappa shape index (κ1) is 14.5. The minimum atomic E-state index is 0.282. The second kappa shape index (κ2) is 7.05. The second-order valence-corrected chi connectivity index (χ2v) is 5.42. The summed E-state index contributed by atoms with van der Waals surface area (Å²) >= 11 is 0. The number of nitrogens with zero attached hydrogens (tertiary/aromatic N) is 2. The van der Waals surface area contributed by atoms with E-state index in [-0.39, 0.29) is 6.04 Å². The molecule has 1 atom stereocenters. The van der Waals surface area contributed by atoms with Gasteiger partial charge in [0.1, 0.15) is 0 Å². The molecular weight excluding hydrogens is 270 g/mol. The molecule has 0 unspecified atom stereocenters. The van der Waals surface area contributed by atoms with Crippen LogP contribution in [0.5, 0.6) is 0 Å². The molecule has 0 fully saturated rings. The lowest BCUT2D eigenvalue weighted by Gasteiger charge is -2.18. The van der Waals surface area contributed by atoms with Gasteiger partial charge in [-0.05, 0) is 43.1 Å². The maximum Gasteiger partial charge on any atom is 0.0693 e. The van der Waals surface area contributed by atoms with E-state index in [4.69, 9.17) is 0 Å². The zero-order valence-electron chi connectivity index (χ0n) is 12.8. The number of para-hydroxylation sites is 1. The molecule has 0 aliphatic heterocycles. The first-order valence-electron chi connectivity index (χ1n) is 7.71. The highest BCUT2D eigenvalue weighted by Crippen LogP contribution is 2.20. The summed E-state index contributed by atoms with van der Waals surface area (Å²) in [4.78, 5) is 0. The van der Waals surface area contributed by atoms with Crippen molar-refractivity contribution in [2.75, 3.05) is 6.54 Å². The van der Waals surface area contributed by atoms with Crippen LogP contribution >= 0.6 is 0 Å². The highest BCUT2D eigenvalue weighted by atomic mass is 15.3. The van der Waals surface area contributed by atoms with Gasteiger partial charge >= 0.3 is 0 Å². The van der Waals surface area contributed by atoms with E-state index in [1.54, 1.807) is 0 Å². The molecule has 0 radical (unpaired) electrons. The van der Waals surface area contributed by atoms with Gasteiger partial charge in [-0.15, -0.1) is 0 Å². The molecule has 3 rings (SSSR count). The zero-order valence-corrected chi connectivity index (χ0v) is 12.8. The molecule has 3 nitrogen and oxygen atoms in total. The van der Waals surface area contributed by atoms with Gasteiger partial charge in [-0.25, -0.2) is 4.68 Å². The summed E-state index contributed by atoms with van der Waals surface area (Å²) < 4.78 is 1.92. The van der Waals surface area contributed by atoms with Crippen LogP contribution in [0.15, 0.2) is 73.1 Å². The Hall–Kier alpha value is -2.39. The Labute approximate surface area is 131 Å². The van der Waals surface area contributed by atoms with Gasteiger partial charge in [0.2, 0.25) is 0 Å². The summed E-state index contributed by atoms with van der Waals surface area (Å²) in [7, 11) is 0. The van der Waals surface area contributed by atoms with E-state index in [9.17, 15) is 0 Å². The maximum atomic E-state index is 4.35. The minimum Gasteiger partial charge on any atom is -0.310 e. The van der Waals surface area contributed by atoms with E-state index in [1.165, 1.54) is 11.1 Å². The third kappa shape index (κ3) is 3.43. The average molecular weight is 291 g/mol. The molecule has 0 aliphatic rings. The molecule has 1 aromatic heterocycles. The molecule has 0 amide bonds. The smallest absolute Gasteiger partial charge is 0.0693 e. The molecule has 1 heterocycles. The van der Waals surface area contributed by atoms with Crippen LogP contribution in [-0.2, 0) is 6.42 Å². The molecule has 3 aromatic rings. The normalized spacial score (nSPS) is 12.2. The van der Waals surface area contributed by atoms with Crippen LogP contribution < -0.4 is 5.32 Å². The third-order valence-electron chi connectivity index (χ3n) is 3.86. The first-order valence-corrected chi connectivity index (χ1v) is 7.71. The number of aromatic nitrogens is 2. The van der Waals surface area contributed by atoms with Crippen LogP contribution in [0.3, 0.4) is 0 Å². The Kier molecular flexibility index (Phi) is 4.66. The lowest BCUT2D eigenvalue weighted by molar-refractivity contribution is 0.573. The molecule has 1 N–H and O–H groups in total. The monoisotopic (exact) mass is 291 g/mol. The van der Waals surface area contributed by atoms with Gasteiger partial charge < -0.3 is 5.32 Å². The summed E-state index contributed by atoms with van der Waals surface area (Å²) in [6, 6.07) is 21.2. The fraction of sp³-hybridized carbons (Fsp3) is 0.211. The minimum absolute atomic E-state index is 0.282. The highest BCUT2D eigenvalue weighted by Gasteiger charge is 2.11. The number of hydrogen-bond acceptors (Lipinski definition) is 2. The lowest BCUT2D eigenvalue weighted by Crippen LogP contribution is -2.22. The predicted octanol–water partition coefficient (Wildman–Crippen LogP) is 3.77. The van der Waals surface area contributed by atoms with Crippen molar-refractivity contribution in [1.82, 2.24) is 15.1 Å². The predicted molar refractivity (Wildman–Crippen MR) is 90.1 cm³/mol. The number of benzene rings is 2. The van der Waals surface area contributed by atoms with Crippen LogP contribution in [0, 0.1) is 0 Å². The molecule has 0 bridgehead atoms. The molecule has 3 heteroatoms. The van der Waals surface area contributed by atoms with Crippen molar-refractivity contribution in [3.63, 3.8) is 0 Å². The van der Waals surface area contributed by atoms with Gasteiger partial charge in [0.05, 0.1) is 5.69 Å². The van der Waals surface area contributed by atoms with Crippen molar-refractivity contribution in [3.8, 4) is 5.69 Å². The fourth-order valence-corrected chi connectivity index (χ4v) is 2.66. The molecule has 112 valence electrons. The van der Waals surface area contributed by atoms with Crippen molar-refractivity contribution in [2.24, 2.45) is 0 Å². The van der Waals surface area contributed by atoms with Crippen LogP contribution in [0.25, 0.3) is 5.69 Å². The summed E-state index contributed by atoms with van der Waals surface area (Å²) in [6.07, 6.45) is 4.83. The van der Waals surface area contributed by atoms with Crippen LogP contribution in [0.1, 0.15) is 24.1 Å². The maximum absolute atomic E-state index is 4.35. The summed E-state index contributed by atoms with van der Waals surface area (Å²) in [5.74, 6) is 0. The van der Waals surface area contributed by atoms with Crippen molar-refractivity contribution in [2.45, 2.75) is 19.4 Å². The first-order chi connectivity index (χ1) is 10.8. The molecule has 0 saturated heterocycles. The number of rotatable bonds is 6. The van der Waals surface area contributed by atoms with Crippen LogP contribution in [-0.4, -0.2) is 16.3 Å². The largest absolute Gasteiger partial charge is 0.310 e. The molecule has 0 saturated carbocycles. The Morgan fingerprint density at radius 2 is 1.77 bits per heavy atom. The van der Waals surface area contributed by atoms with Crippen molar-refractivity contribution in [3.05, 3.63) is 84.2 Å². The molecule has 0 aliphatic carbocycles. The Morgan fingerprint density at radius 3 is 2.55 bits per heavy atom. The van der Waals surface area contributed by atoms with Gasteiger partial charge in [-0.2, -0.15) is 5.10 Å². The molecule has 22 heavy (non-hydrogen) atoms. The van der Waals surface area contributed by atoms with Crippen molar-refractivity contribution in [1.29, 1.82) is 0 Å². The third-order valence-corrected chi connectivity index (χ3v) is 3.86. The average Bonchev–Trinajstić information content (AvgIpc) is 3.10. The van der Waals surface area contributed by atoms with Gasteiger partial charge in [0.15, 0.2) is 0 Å².